The van der Waals surface area contributed by atoms with Crippen LogP contribution in [0.2, 0.25) is 0 Å². The fraction of sp³-hybridized carbons (Fsp3) is 1.00. The van der Waals surface area contributed by atoms with Crippen molar-refractivity contribution in [2.45, 2.75) is 76.4 Å². The smallest absolute Gasteiger partial charge is 0.0576 e. The third-order valence-corrected chi connectivity index (χ3v) is 4.61. The lowest BCUT2D eigenvalue weighted by Crippen LogP contribution is -2.29. The van der Waals surface area contributed by atoms with E-state index < -0.39 is 0 Å². The van der Waals surface area contributed by atoms with E-state index in [2.05, 4.69) is 12.4 Å². The van der Waals surface area contributed by atoms with E-state index in [1.54, 1.807) is 0 Å². The summed E-state index contributed by atoms with van der Waals surface area (Å²) in [6.07, 6.45) is 14.4. The summed E-state index contributed by atoms with van der Waals surface area (Å²) < 4.78 is 5.71. The fourth-order valence-corrected chi connectivity index (χ4v) is 3.46. The molecule has 2 nitrogen and oxygen atoms in total. The molecule has 2 unspecified atom stereocenters. The normalized spacial score (nSPS) is 28.4. The van der Waals surface area contributed by atoms with E-state index in [1.807, 2.05) is 0 Å². The van der Waals surface area contributed by atoms with Gasteiger partial charge in [0.05, 0.1) is 6.10 Å². The molecule has 1 saturated carbocycles. The molecular formula is C15H29NO. The maximum atomic E-state index is 5.71. The van der Waals surface area contributed by atoms with Crippen molar-refractivity contribution in [2.75, 3.05) is 13.7 Å². The van der Waals surface area contributed by atoms with Crippen molar-refractivity contribution < 1.29 is 4.74 Å². The quantitative estimate of drug-likeness (QED) is 0.766. The van der Waals surface area contributed by atoms with Gasteiger partial charge in [-0.25, -0.2) is 0 Å². The summed E-state index contributed by atoms with van der Waals surface area (Å²) >= 11 is 0. The third kappa shape index (κ3) is 4.59. The summed E-state index contributed by atoms with van der Waals surface area (Å²) in [6.45, 7) is 0.998. The first kappa shape index (κ1) is 13.4. The zero-order chi connectivity index (χ0) is 11.9. The lowest BCUT2D eigenvalue weighted by molar-refractivity contribution is 0.0985. The second kappa shape index (κ2) is 7.38. The van der Waals surface area contributed by atoms with Crippen LogP contribution in [0, 0.1) is 5.92 Å². The third-order valence-electron chi connectivity index (χ3n) is 4.61. The molecule has 0 amide bonds. The summed E-state index contributed by atoms with van der Waals surface area (Å²) in [7, 11) is 2.13. The molecule has 1 heterocycles. The van der Waals surface area contributed by atoms with E-state index in [0.717, 1.165) is 18.6 Å². The van der Waals surface area contributed by atoms with Crippen molar-refractivity contribution in [1.82, 2.24) is 5.32 Å². The van der Waals surface area contributed by atoms with Gasteiger partial charge < -0.3 is 10.1 Å². The zero-order valence-corrected chi connectivity index (χ0v) is 11.4. The van der Waals surface area contributed by atoms with Crippen molar-refractivity contribution in [3.63, 3.8) is 0 Å². The summed E-state index contributed by atoms with van der Waals surface area (Å²) in [5, 5.41) is 3.52. The Morgan fingerprint density at radius 3 is 2.59 bits per heavy atom. The molecule has 2 heteroatoms. The van der Waals surface area contributed by atoms with Crippen molar-refractivity contribution in [3.8, 4) is 0 Å². The number of hydrogen-bond acceptors (Lipinski definition) is 2. The molecule has 0 bridgehead atoms. The first-order chi connectivity index (χ1) is 8.38. The van der Waals surface area contributed by atoms with Gasteiger partial charge in [-0.2, -0.15) is 0 Å². The summed E-state index contributed by atoms with van der Waals surface area (Å²) in [6, 6.07) is 0.724. The highest BCUT2D eigenvalue weighted by Gasteiger charge is 2.20. The average Bonchev–Trinajstić information content (AvgIpc) is 2.89. The monoisotopic (exact) mass is 239 g/mol. The Bertz CT molecular complexity index is 195. The Hall–Kier alpha value is -0.0800. The average molecular weight is 239 g/mol. The topological polar surface area (TPSA) is 21.3 Å². The van der Waals surface area contributed by atoms with Gasteiger partial charge >= 0.3 is 0 Å². The van der Waals surface area contributed by atoms with Crippen LogP contribution in [-0.4, -0.2) is 25.8 Å². The van der Waals surface area contributed by atoms with Gasteiger partial charge in [0.2, 0.25) is 0 Å². The predicted molar refractivity (Wildman–Crippen MR) is 72.2 cm³/mol. The highest BCUT2D eigenvalue weighted by atomic mass is 16.5. The Morgan fingerprint density at radius 1 is 1.12 bits per heavy atom. The number of nitrogens with one attached hydrogen (secondary N) is 1. The Labute approximate surface area is 107 Å². The standard InChI is InChI=1S/C15H29NO/c1-16-14(9-10-15-8-5-11-17-15)12-13-6-3-2-4-7-13/h13-16H,2-12H2,1H3. The highest BCUT2D eigenvalue weighted by molar-refractivity contribution is 4.76. The largest absolute Gasteiger partial charge is 0.378 e. The minimum atomic E-state index is 0.567. The van der Waals surface area contributed by atoms with E-state index in [4.69, 9.17) is 4.74 Å². The van der Waals surface area contributed by atoms with Crippen LogP contribution in [-0.2, 0) is 4.74 Å². The SMILES string of the molecule is CNC(CCC1CCCO1)CC1CCCCC1. The second-order valence-corrected chi connectivity index (χ2v) is 5.94. The van der Waals surface area contributed by atoms with Crippen LogP contribution in [0.1, 0.15) is 64.2 Å². The molecule has 2 fully saturated rings. The van der Waals surface area contributed by atoms with Crippen LogP contribution < -0.4 is 5.32 Å². The fourth-order valence-electron chi connectivity index (χ4n) is 3.46. The summed E-state index contributed by atoms with van der Waals surface area (Å²) in [5.74, 6) is 0.991. The van der Waals surface area contributed by atoms with Gasteiger partial charge in [-0.05, 0) is 45.1 Å². The molecule has 0 spiro atoms. The first-order valence-electron chi connectivity index (χ1n) is 7.67. The molecule has 1 saturated heterocycles. The first-order valence-corrected chi connectivity index (χ1v) is 7.67. The molecule has 1 aliphatic carbocycles. The van der Waals surface area contributed by atoms with Crippen LogP contribution in [0.4, 0.5) is 0 Å². The predicted octanol–water partition coefficient (Wildman–Crippen LogP) is 3.50. The number of hydrogen-bond donors (Lipinski definition) is 1. The van der Waals surface area contributed by atoms with E-state index in [-0.39, 0.29) is 0 Å². The van der Waals surface area contributed by atoms with E-state index in [0.29, 0.717) is 6.10 Å². The van der Waals surface area contributed by atoms with Gasteiger partial charge in [0.1, 0.15) is 0 Å². The maximum Gasteiger partial charge on any atom is 0.0576 e. The number of ether oxygens (including phenoxy) is 1. The van der Waals surface area contributed by atoms with E-state index in [1.165, 1.54) is 64.2 Å². The van der Waals surface area contributed by atoms with Gasteiger partial charge in [-0.3, -0.25) is 0 Å². The Morgan fingerprint density at radius 2 is 1.94 bits per heavy atom. The van der Waals surface area contributed by atoms with Crippen LogP contribution in [0.25, 0.3) is 0 Å². The van der Waals surface area contributed by atoms with Gasteiger partial charge in [-0.15, -0.1) is 0 Å². The van der Waals surface area contributed by atoms with Crippen LogP contribution >= 0.6 is 0 Å². The minimum Gasteiger partial charge on any atom is -0.378 e. The molecule has 17 heavy (non-hydrogen) atoms. The molecule has 1 N–H and O–H groups in total. The molecule has 2 rings (SSSR count). The molecule has 0 aromatic rings. The molecule has 2 aliphatic rings. The van der Waals surface area contributed by atoms with Crippen LogP contribution in [0.15, 0.2) is 0 Å². The molecule has 1 aliphatic heterocycles. The van der Waals surface area contributed by atoms with Crippen molar-refractivity contribution >= 4 is 0 Å². The second-order valence-electron chi connectivity index (χ2n) is 5.94. The van der Waals surface area contributed by atoms with Gasteiger partial charge in [0, 0.05) is 12.6 Å². The maximum absolute atomic E-state index is 5.71. The van der Waals surface area contributed by atoms with Gasteiger partial charge in [0.25, 0.3) is 0 Å². The molecule has 2 atom stereocenters. The summed E-state index contributed by atoms with van der Waals surface area (Å²) in [5.41, 5.74) is 0. The van der Waals surface area contributed by atoms with Crippen LogP contribution in [0.5, 0.6) is 0 Å². The lowest BCUT2D eigenvalue weighted by Gasteiger charge is -2.27. The molecule has 0 radical (unpaired) electrons. The molecular weight excluding hydrogens is 210 g/mol. The minimum absolute atomic E-state index is 0.567. The molecule has 100 valence electrons. The summed E-state index contributed by atoms with van der Waals surface area (Å²) in [4.78, 5) is 0. The molecule has 0 aromatic carbocycles. The van der Waals surface area contributed by atoms with Crippen molar-refractivity contribution in [2.24, 2.45) is 5.92 Å². The van der Waals surface area contributed by atoms with Crippen molar-refractivity contribution in [1.29, 1.82) is 0 Å². The Kier molecular flexibility index (Phi) is 5.79. The van der Waals surface area contributed by atoms with Gasteiger partial charge in [0.15, 0.2) is 0 Å². The van der Waals surface area contributed by atoms with Crippen molar-refractivity contribution in [3.05, 3.63) is 0 Å². The molecule has 0 aromatic heterocycles. The highest BCUT2D eigenvalue weighted by Crippen LogP contribution is 2.28. The zero-order valence-electron chi connectivity index (χ0n) is 11.4. The lowest BCUT2D eigenvalue weighted by atomic mass is 9.84. The van der Waals surface area contributed by atoms with E-state index >= 15 is 0 Å². The number of rotatable bonds is 6. The Balaban J connectivity index is 1.64. The van der Waals surface area contributed by atoms with E-state index in [9.17, 15) is 0 Å². The van der Waals surface area contributed by atoms with Gasteiger partial charge in [-0.1, -0.05) is 32.1 Å². The van der Waals surface area contributed by atoms with Crippen LogP contribution in [0.3, 0.4) is 0 Å².